The van der Waals surface area contributed by atoms with Gasteiger partial charge >= 0.3 is 5.97 Å². The lowest BCUT2D eigenvalue weighted by molar-refractivity contribution is -0.143. The first-order chi connectivity index (χ1) is 13.4. The van der Waals surface area contributed by atoms with Gasteiger partial charge in [0.05, 0.1) is 0 Å². The van der Waals surface area contributed by atoms with Gasteiger partial charge in [-0.3, -0.25) is 9.59 Å². The van der Waals surface area contributed by atoms with E-state index in [-0.39, 0.29) is 18.1 Å². The fourth-order valence-corrected chi connectivity index (χ4v) is 3.27. The molecule has 1 aromatic rings. The molecule has 1 aliphatic rings. The molecular formula is C20H28N2O5. The van der Waals surface area contributed by atoms with Crippen molar-refractivity contribution in [2.24, 2.45) is 0 Å². The maximum atomic E-state index is 12.7. The number of amides is 2. The predicted molar refractivity (Wildman–Crippen MR) is 100 cm³/mol. The topological polar surface area (TPSA) is 107 Å². The lowest BCUT2D eigenvalue weighted by Gasteiger charge is -2.25. The fourth-order valence-electron chi connectivity index (χ4n) is 3.27. The van der Waals surface area contributed by atoms with Crippen molar-refractivity contribution in [2.75, 3.05) is 6.54 Å². The van der Waals surface area contributed by atoms with Gasteiger partial charge in [0.15, 0.2) is 0 Å². The number of hydrogen-bond acceptors (Lipinski definition) is 4. The Balaban J connectivity index is 1.94. The van der Waals surface area contributed by atoms with Crippen LogP contribution in [-0.4, -0.2) is 51.5 Å². The first kappa shape index (κ1) is 19.2. The molecule has 148 valence electrons. The Morgan fingerprint density at radius 3 is 2.70 bits per heavy atom. The Kier molecular flexibility index (Phi) is 7.07. The number of hydrogen-bond donors (Lipinski definition) is 3. The van der Waals surface area contributed by atoms with E-state index in [0.717, 1.165) is 12.8 Å². The molecule has 0 bridgehead atoms. The molecule has 1 aromatic carbocycles. The number of aromatic hydroxyl groups is 1. The molecule has 2 atom stereocenters. The number of rotatable bonds is 9. The van der Waals surface area contributed by atoms with Crippen LogP contribution in [0.15, 0.2) is 24.3 Å². The monoisotopic (exact) mass is 377 g/mol. The van der Waals surface area contributed by atoms with Crippen molar-refractivity contribution in [2.45, 2.75) is 63.9 Å². The van der Waals surface area contributed by atoms with Crippen molar-refractivity contribution >= 4 is 17.8 Å². The third kappa shape index (κ3) is 5.98. The molecule has 1 fully saturated rings. The maximum Gasteiger partial charge on any atom is 0.326 e. The van der Waals surface area contributed by atoms with Gasteiger partial charge in [-0.1, -0.05) is 31.9 Å². The van der Waals surface area contributed by atoms with Gasteiger partial charge in [0, 0.05) is 20.8 Å². The fraction of sp³-hybridized carbons (Fsp3) is 0.550. The Morgan fingerprint density at radius 1 is 1.30 bits per heavy atom. The van der Waals surface area contributed by atoms with Crippen molar-refractivity contribution in [1.82, 2.24) is 10.2 Å². The second kappa shape index (κ2) is 9.94. The number of carbonyl (C=O) groups excluding carboxylic acids is 2. The highest BCUT2D eigenvalue weighted by atomic mass is 16.4. The van der Waals surface area contributed by atoms with Crippen LogP contribution in [0.2, 0.25) is 0 Å². The quantitative estimate of drug-likeness (QED) is 0.571. The average Bonchev–Trinajstić information content (AvgIpc) is 3.16. The van der Waals surface area contributed by atoms with E-state index < -0.39 is 24.0 Å². The van der Waals surface area contributed by atoms with Gasteiger partial charge in [0.25, 0.3) is 0 Å². The molecule has 2 amide bonds. The van der Waals surface area contributed by atoms with Gasteiger partial charge in [-0.15, -0.1) is 0 Å². The van der Waals surface area contributed by atoms with Gasteiger partial charge in [0.1, 0.15) is 17.8 Å². The van der Waals surface area contributed by atoms with Crippen molar-refractivity contribution in [1.29, 1.82) is 0 Å². The van der Waals surface area contributed by atoms with Crippen LogP contribution in [0.25, 0.3) is 0 Å². The number of benzene rings is 1. The molecule has 7 nitrogen and oxygen atoms in total. The Labute approximate surface area is 160 Å². The summed E-state index contributed by atoms with van der Waals surface area (Å²) in [6.07, 6.45) is 3.94. The molecule has 0 radical (unpaired) electrons. The molecule has 1 saturated heterocycles. The summed E-state index contributed by atoms with van der Waals surface area (Å²) in [5.41, 5.74) is 0.680. The number of phenols is 1. The summed E-state index contributed by atoms with van der Waals surface area (Å²) in [7, 11) is 0. The Bertz CT molecular complexity index is 680. The van der Waals surface area contributed by atoms with E-state index in [1.807, 2.05) is 0 Å². The summed E-state index contributed by atoms with van der Waals surface area (Å²) in [6, 6.07) is 4.42. The van der Waals surface area contributed by atoms with Crippen LogP contribution in [0.4, 0.5) is 0 Å². The summed E-state index contributed by atoms with van der Waals surface area (Å²) in [5.74, 6) is -1.59. The van der Waals surface area contributed by atoms with Crippen LogP contribution in [0.3, 0.4) is 0 Å². The molecule has 1 aliphatic heterocycles. The van der Waals surface area contributed by atoms with Gasteiger partial charge in [-0.2, -0.15) is 0 Å². The minimum absolute atomic E-state index is 0.0856. The van der Waals surface area contributed by atoms with E-state index in [2.05, 4.69) is 5.32 Å². The smallest absolute Gasteiger partial charge is 0.326 e. The second-order valence-corrected chi connectivity index (χ2v) is 6.83. The van der Waals surface area contributed by atoms with Crippen LogP contribution < -0.4 is 5.32 Å². The Morgan fingerprint density at radius 2 is 2.04 bits per heavy atom. The number of carboxylic acids is 1. The van der Waals surface area contributed by atoms with Crippen molar-refractivity contribution in [3.05, 3.63) is 29.8 Å². The third-order valence-corrected chi connectivity index (χ3v) is 4.76. The highest BCUT2D eigenvalue weighted by Gasteiger charge is 2.35. The number of likely N-dealkylation sites (tertiary alicyclic amines) is 1. The summed E-state index contributed by atoms with van der Waals surface area (Å²) >= 11 is 0. The van der Waals surface area contributed by atoms with E-state index in [1.165, 1.54) is 12.1 Å². The molecule has 0 aromatic heterocycles. The number of nitrogens with zero attached hydrogens (tertiary/aromatic N) is 1. The lowest BCUT2D eigenvalue weighted by Crippen LogP contribution is -2.51. The average molecular weight is 377 g/mol. The lowest BCUT2D eigenvalue weighted by atomic mass is 10.0. The van der Waals surface area contributed by atoms with E-state index in [4.69, 9.17) is 1.37 Å². The molecule has 2 rings (SSSR count). The van der Waals surface area contributed by atoms with Crippen LogP contribution in [0, 0.1) is 0 Å². The molecular weight excluding hydrogens is 348 g/mol. The molecule has 3 N–H and O–H groups in total. The zero-order valence-corrected chi connectivity index (χ0v) is 15.4. The maximum absolute atomic E-state index is 12.7. The van der Waals surface area contributed by atoms with E-state index in [9.17, 15) is 24.6 Å². The van der Waals surface area contributed by atoms with Gasteiger partial charge in [-0.25, -0.2) is 4.79 Å². The summed E-state index contributed by atoms with van der Waals surface area (Å²) in [6.45, 7) is 0.853. The van der Waals surface area contributed by atoms with E-state index >= 15 is 0 Å². The number of phenolic OH excluding ortho intramolecular Hbond substituents is 1. The number of carboxylic acid groups (broad SMARTS) is 1. The number of unbranched alkanes of at least 4 members (excludes halogenated alkanes) is 2. The highest BCUT2D eigenvalue weighted by Crippen LogP contribution is 2.20. The summed E-state index contributed by atoms with van der Waals surface area (Å²) < 4.78 is 7.13. The largest absolute Gasteiger partial charge is 0.508 e. The Hall–Kier alpha value is -2.57. The SMILES string of the molecule is [2H]CCCCCC(=O)N1CCC[C@H]1C(=O)N[C@H](Cc1ccc(O)cc1)C(=O)O. The minimum Gasteiger partial charge on any atom is -0.508 e. The highest BCUT2D eigenvalue weighted by molar-refractivity contribution is 5.91. The molecule has 27 heavy (non-hydrogen) atoms. The predicted octanol–water partition coefficient (Wildman–Crippen LogP) is 2.08. The molecule has 0 unspecified atom stereocenters. The van der Waals surface area contributed by atoms with Crippen molar-refractivity contribution < 1.29 is 26.0 Å². The van der Waals surface area contributed by atoms with Crippen LogP contribution in [0.1, 0.15) is 52.4 Å². The molecule has 7 heteroatoms. The molecule has 1 heterocycles. The molecule has 0 spiro atoms. The number of carbonyl (C=O) groups is 3. The minimum atomic E-state index is -1.15. The summed E-state index contributed by atoms with van der Waals surface area (Å²) in [5, 5.41) is 21.4. The molecule has 0 aliphatic carbocycles. The number of aliphatic carboxylic acids is 1. The van der Waals surface area contributed by atoms with Gasteiger partial charge in [0.2, 0.25) is 11.8 Å². The van der Waals surface area contributed by atoms with Crippen molar-refractivity contribution in [3.63, 3.8) is 0 Å². The normalized spacial score (nSPS) is 18.0. The first-order valence-corrected chi connectivity index (χ1v) is 9.32. The van der Waals surface area contributed by atoms with E-state index in [0.29, 0.717) is 44.7 Å². The van der Waals surface area contributed by atoms with Crippen LogP contribution in [-0.2, 0) is 20.8 Å². The zero-order valence-electron chi connectivity index (χ0n) is 16.4. The molecule has 0 saturated carbocycles. The zero-order chi connectivity index (χ0) is 20.5. The van der Waals surface area contributed by atoms with Crippen LogP contribution in [0.5, 0.6) is 5.75 Å². The van der Waals surface area contributed by atoms with Gasteiger partial charge in [-0.05, 0) is 37.0 Å². The second-order valence-electron chi connectivity index (χ2n) is 6.83. The van der Waals surface area contributed by atoms with E-state index in [1.54, 1.807) is 17.0 Å². The van der Waals surface area contributed by atoms with Crippen molar-refractivity contribution in [3.8, 4) is 5.75 Å². The van der Waals surface area contributed by atoms with Gasteiger partial charge < -0.3 is 20.4 Å². The summed E-state index contributed by atoms with van der Waals surface area (Å²) in [4.78, 5) is 38.2. The standard InChI is InChI=1S/C20H28N2O5/c1-2-3-4-7-18(24)22-12-5-6-17(22)19(25)21-16(20(26)27)13-14-8-10-15(23)11-9-14/h8-11,16-17,23H,2-7,12-13H2,1H3,(H,21,25)(H,26,27)/t16-,17+/m1/s1/i1D. The number of nitrogens with one attached hydrogen (secondary N) is 1. The van der Waals surface area contributed by atoms with Crippen LogP contribution >= 0.6 is 0 Å². The first-order valence-electron chi connectivity index (χ1n) is 10.0. The third-order valence-electron chi connectivity index (χ3n) is 4.76.